The van der Waals surface area contributed by atoms with Crippen molar-refractivity contribution in [2.45, 2.75) is 0 Å². The fourth-order valence-electron chi connectivity index (χ4n) is 4.40. The van der Waals surface area contributed by atoms with Crippen LogP contribution in [0.2, 0.25) is 0 Å². The van der Waals surface area contributed by atoms with E-state index in [0.717, 1.165) is 50.5 Å². The van der Waals surface area contributed by atoms with E-state index in [1.807, 2.05) is 30.3 Å². The number of para-hydroxylation sites is 3. The summed E-state index contributed by atoms with van der Waals surface area (Å²) in [4.78, 5) is 4.89. The number of ether oxygens (including phenoxy) is 2. The number of benzene rings is 4. The minimum Gasteiger partial charge on any atom is -0.456 e. The maximum atomic E-state index is 6.40. The van der Waals surface area contributed by atoms with Crippen LogP contribution in [-0.4, -0.2) is 4.98 Å². The summed E-state index contributed by atoms with van der Waals surface area (Å²) in [6.45, 7) is 0. The lowest BCUT2D eigenvalue weighted by atomic mass is 10.1. The number of nitrogens with zero attached hydrogens (tertiary/aromatic N) is 1. The van der Waals surface area contributed by atoms with Crippen molar-refractivity contribution >= 4 is 34.7 Å². The van der Waals surface area contributed by atoms with Crippen molar-refractivity contribution in [3.63, 3.8) is 0 Å². The highest BCUT2D eigenvalue weighted by molar-refractivity contribution is 7.80. The molecule has 0 fully saturated rings. The van der Waals surface area contributed by atoms with E-state index < -0.39 is 7.92 Å². The first-order chi connectivity index (χ1) is 15.3. The summed E-state index contributed by atoms with van der Waals surface area (Å²) in [6, 6.07) is 33.3. The second-order valence-electron chi connectivity index (χ2n) is 7.69. The summed E-state index contributed by atoms with van der Waals surface area (Å²) >= 11 is 0. The topological polar surface area (TPSA) is 31.4 Å². The second-order valence-corrected chi connectivity index (χ2v) is 9.77. The van der Waals surface area contributed by atoms with Gasteiger partial charge < -0.3 is 9.47 Å². The molecule has 2 aliphatic rings. The average Bonchev–Trinajstić information content (AvgIpc) is 2.83. The third kappa shape index (κ3) is 2.54. The van der Waals surface area contributed by atoms with Gasteiger partial charge in [0.15, 0.2) is 0 Å². The number of aromatic nitrogens is 1. The molecule has 0 saturated heterocycles. The van der Waals surface area contributed by atoms with Crippen LogP contribution in [0.3, 0.4) is 0 Å². The van der Waals surface area contributed by atoms with Gasteiger partial charge in [-0.15, -0.1) is 0 Å². The van der Waals surface area contributed by atoms with Crippen molar-refractivity contribution < 1.29 is 9.47 Å². The quantitative estimate of drug-likeness (QED) is 0.313. The molecule has 0 unspecified atom stereocenters. The smallest absolute Gasteiger partial charge is 0.140 e. The molecular formula is C27H16NO2P. The molecule has 0 aliphatic carbocycles. The van der Waals surface area contributed by atoms with Gasteiger partial charge in [-0.25, -0.2) is 4.98 Å². The van der Waals surface area contributed by atoms with Crippen LogP contribution in [0.4, 0.5) is 0 Å². The summed E-state index contributed by atoms with van der Waals surface area (Å²) < 4.78 is 12.8. The fourth-order valence-corrected chi connectivity index (χ4v) is 6.95. The average molecular weight is 417 g/mol. The van der Waals surface area contributed by atoms with Crippen molar-refractivity contribution in [1.29, 1.82) is 0 Å². The van der Waals surface area contributed by atoms with E-state index in [0.29, 0.717) is 0 Å². The summed E-state index contributed by atoms with van der Waals surface area (Å²) in [6.07, 6.45) is 0. The van der Waals surface area contributed by atoms with E-state index in [1.165, 1.54) is 10.6 Å². The summed E-state index contributed by atoms with van der Waals surface area (Å²) in [5, 5.41) is 4.75. The molecule has 0 radical (unpaired) electrons. The van der Waals surface area contributed by atoms with Crippen LogP contribution < -0.4 is 25.4 Å². The van der Waals surface area contributed by atoms with Crippen molar-refractivity contribution in [3.8, 4) is 34.3 Å². The van der Waals surface area contributed by atoms with E-state index in [1.54, 1.807) is 0 Å². The maximum absolute atomic E-state index is 6.40. The highest BCUT2D eigenvalue weighted by Crippen LogP contribution is 2.53. The number of rotatable bonds is 1. The van der Waals surface area contributed by atoms with Gasteiger partial charge in [-0.1, -0.05) is 60.7 Å². The molecule has 2 aliphatic heterocycles. The first kappa shape index (κ1) is 17.0. The van der Waals surface area contributed by atoms with Gasteiger partial charge in [0, 0.05) is 29.5 Å². The Bertz CT molecular complexity index is 1440. The Hall–Kier alpha value is -3.68. The Labute approximate surface area is 180 Å². The van der Waals surface area contributed by atoms with Crippen LogP contribution in [0.25, 0.3) is 22.2 Å². The molecule has 3 nitrogen and oxygen atoms in total. The highest BCUT2D eigenvalue weighted by atomic mass is 31.1. The van der Waals surface area contributed by atoms with Crippen molar-refractivity contribution in [2.75, 3.05) is 0 Å². The van der Waals surface area contributed by atoms with Gasteiger partial charge in [0.25, 0.3) is 0 Å². The lowest BCUT2D eigenvalue weighted by Crippen LogP contribution is -2.31. The van der Waals surface area contributed by atoms with Gasteiger partial charge in [-0.2, -0.15) is 0 Å². The summed E-state index contributed by atoms with van der Waals surface area (Å²) in [5.74, 6) is 3.57. The minimum atomic E-state index is -0.731. The van der Waals surface area contributed by atoms with E-state index in [4.69, 9.17) is 14.5 Å². The Kier molecular flexibility index (Phi) is 3.52. The number of pyridine rings is 1. The highest BCUT2D eigenvalue weighted by Gasteiger charge is 2.37. The molecule has 4 heteroatoms. The Morgan fingerprint density at radius 1 is 0.581 bits per heavy atom. The third-order valence-corrected chi connectivity index (χ3v) is 8.40. The molecule has 0 N–H and O–H groups in total. The van der Waals surface area contributed by atoms with E-state index in [9.17, 15) is 0 Å². The molecule has 0 bridgehead atoms. The molecule has 1 aromatic heterocycles. The van der Waals surface area contributed by atoms with Crippen LogP contribution in [0.5, 0.6) is 23.0 Å². The van der Waals surface area contributed by atoms with Crippen LogP contribution in [-0.2, 0) is 0 Å². The van der Waals surface area contributed by atoms with Crippen molar-refractivity contribution in [3.05, 3.63) is 97.1 Å². The van der Waals surface area contributed by atoms with Crippen LogP contribution in [0, 0.1) is 0 Å². The first-order valence-electron chi connectivity index (χ1n) is 10.2. The Morgan fingerprint density at radius 3 is 1.90 bits per heavy atom. The fraction of sp³-hybridized carbons (Fsp3) is 0. The van der Waals surface area contributed by atoms with Gasteiger partial charge in [0.2, 0.25) is 0 Å². The molecule has 0 amide bonds. The van der Waals surface area contributed by atoms with E-state index in [2.05, 4.69) is 66.7 Å². The lowest BCUT2D eigenvalue weighted by molar-refractivity contribution is 0.467. The molecule has 4 aromatic carbocycles. The van der Waals surface area contributed by atoms with Crippen molar-refractivity contribution in [1.82, 2.24) is 4.98 Å². The van der Waals surface area contributed by atoms with E-state index >= 15 is 0 Å². The largest absolute Gasteiger partial charge is 0.456 e. The van der Waals surface area contributed by atoms with Crippen molar-refractivity contribution in [2.24, 2.45) is 0 Å². The predicted octanol–water partition coefficient (Wildman–Crippen LogP) is 5.87. The molecular weight excluding hydrogens is 401 g/mol. The minimum absolute atomic E-state index is 0.731. The zero-order valence-corrected chi connectivity index (χ0v) is 17.3. The zero-order valence-electron chi connectivity index (χ0n) is 16.4. The number of hydrogen-bond donors (Lipinski definition) is 0. The summed E-state index contributed by atoms with van der Waals surface area (Å²) in [7, 11) is -0.731. The van der Waals surface area contributed by atoms with Gasteiger partial charge in [-0.3, -0.25) is 0 Å². The molecule has 0 saturated carbocycles. The monoisotopic (exact) mass is 417 g/mol. The van der Waals surface area contributed by atoms with Gasteiger partial charge in [-0.05, 0) is 36.4 Å². The number of hydrogen-bond acceptors (Lipinski definition) is 3. The second kappa shape index (κ2) is 6.41. The summed E-state index contributed by atoms with van der Waals surface area (Å²) in [5.41, 5.74) is 2.88. The van der Waals surface area contributed by atoms with Gasteiger partial charge >= 0.3 is 0 Å². The molecule has 5 aromatic rings. The SMILES string of the molecule is c1ccc2c(c1)Oc1cc(-c3ccc4ccccc4n3)cc3c1P2c1ccccc1O3. The lowest BCUT2D eigenvalue weighted by Gasteiger charge is -2.34. The number of fused-ring (bicyclic) bond motifs is 5. The maximum Gasteiger partial charge on any atom is 0.140 e. The zero-order chi connectivity index (χ0) is 20.4. The molecule has 146 valence electrons. The Balaban J connectivity index is 1.47. The standard InChI is InChI=1S/C27H16NO2P/c1-2-8-19-17(7-1)13-14-20(28-19)18-15-23-27-24(16-18)30-22-10-4-6-12-26(22)31(27)25-11-5-3-9-21(25)29-23/h1-16H. The molecule has 0 spiro atoms. The van der Waals surface area contributed by atoms with Crippen LogP contribution in [0.15, 0.2) is 97.1 Å². The predicted molar refractivity (Wildman–Crippen MR) is 126 cm³/mol. The molecule has 31 heavy (non-hydrogen) atoms. The van der Waals surface area contributed by atoms with Gasteiger partial charge in [0.05, 0.1) is 16.5 Å². The first-order valence-corrected chi connectivity index (χ1v) is 11.6. The Morgan fingerprint density at radius 2 is 1.19 bits per heavy atom. The molecule has 3 heterocycles. The third-order valence-electron chi connectivity index (χ3n) is 5.81. The molecule has 0 atom stereocenters. The molecule has 7 rings (SSSR count). The van der Waals surface area contributed by atoms with Gasteiger partial charge in [0.1, 0.15) is 23.0 Å². The van der Waals surface area contributed by atoms with E-state index in [-0.39, 0.29) is 0 Å². The van der Waals surface area contributed by atoms with Crippen LogP contribution in [0.1, 0.15) is 0 Å². The van der Waals surface area contributed by atoms with Crippen LogP contribution >= 0.6 is 7.92 Å². The normalized spacial score (nSPS) is 13.5.